The van der Waals surface area contributed by atoms with E-state index in [0.717, 1.165) is 22.3 Å². The van der Waals surface area contributed by atoms with Crippen LogP contribution in [0.1, 0.15) is 13.3 Å². The van der Waals surface area contributed by atoms with Crippen molar-refractivity contribution in [1.82, 2.24) is 25.1 Å². The Bertz CT molecular complexity index is 897. The van der Waals surface area contributed by atoms with E-state index in [1.807, 2.05) is 38.4 Å². The predicted octanol–water partition coefficient (Wildman–Crippen LogP) is 1.87. The van der Waals surface area contributed by atoms with Crippen molar-refractivity contribution in [2.24, 2.45) is 13.0 Å². The summed E-state index contributed by atoms with van der Waals surface area (Å²) < 4.78 is 7.95. The van der Waals surface area contributed by atoms with E-state index in [1.165, 1.54) is 0 Å². The zero-order valence-corrected chi connectivity index (χ0v) is 13.6. The van der Waals surface area contributed by atoms with Crippen LogP contribution in [0.3, 0.4) is 0 Å². The summed E-state index contributed by atoms with van der Waals surface area (Å²) in [7, 11) is 1.89. The molecule has 0 bridgehead atoms. The zero-order valence-electron chi connectivity index (χ0n) is 13.6. The number of carbonyl (C=O) groups is 1. The molecule has 0 saturated carbocycles. The minimum Gasteiger partial charge on any atom is -0.488 e. The number of benzene rings is 1. The Morgan fingerprint density at radius 2 is 2.29 bits per heavy atom. The van der Waals surface area contributed by atoms with E-state index in [0.29, 0.717) is 18.7 Å². The number of nitrogens with zero attached hydrogens (tertiary/aromatic N) is 3. The number of aromatic nitrogens is 4. The molecule has 1 fully saturated rings. The van der Waals surface area contributed by atoms with Crippen LogP contribution in [-0.2, 0) is 11.8 Å². The van der Waals surface area contributed by atoms with Crippen molar-refractivity contribution < 1.29 is 9.53 Å². The van der Waals surface area contributed by atoms with Gasteiger partial charge in [-0.3, -0.25) is 9.48 Å². The summed E-state index contributed by atoms with van der Waals surface area (Å²) in [4.78, 5) is 18.9. The molecule has 0 unspecified atom stereocenters. The minimum atomic E-state index is -0.0807. The summed E-state index contributed by atoms with van der Waals surface area (Å²) in [5.41, 5.74) is 3.54. The largest absolute Gasteiger partial charge is 0.488 e. The Kier molecular flexibility index (Phi) is 3.48. The highest BCUT2D eigenvalue weighted by atomic mass is 16.5. The van der Waals surface area contributed by atoms with E-state index in [-0.39, 0.29) is 17.9 Å². The molecule has 1 aliphatic heterocycles. The van der Waals surface area contributed by atoms with E-state index in [9.17, 15) is 4.79 Å². The summed E-state index contributed by atoms with van der Waals surface area (Å²) in [6, 6.07) is 5.94. The summed E-state index contributed by atoms with van der Waals surface area (Å²) in [5, 5.41) is 7.31. The molecular weight excluding hydrogens is 306 g/mol. The summed E-state index contributed by atoms with van der Waals surface area (Å²) in [6.45, 7) is 2.65. The Hall–Kier alpha value is -2.83. The van der Waals surface area contributed by atoms with Crippen molar-refractivity contribution in [1.29, 1.82) is 0 Å². The van der Waals surface area contributed by atoms with Crippen molar-refractivity contribution in [3.63, 3.8) is 0 Å². The number of ether oxygens (including phenoxy) is 1. The normalized spacial score (nSPS) is 18.8. The minimum absolute atomic E-state index is 0.0807. The van der Waals surface area contributed by atoms with E-state index in [2.05, 4.69) is 20.4 Å². The van der Waals surface area contributed by atoms with E-state index in [4.69, 9.17) is 4.74 Å². The number of imidazole rings is 1. The summed E-state index contributed by atoms with van der Waals surface area (Å²) in [5.74, 6) is 0.967. The molecule has 7 nitrogen and oxygen atoms in total. The van der Waals surface area contributed by atoms with Crippen LogP contribution in [0.4, 0.5) is 0 Å². The molecule has 3 aromatic rings. The molecule has 2 atom stereocenters. The van der Waals surface area contributed by atoms with Gasteiger partial charge in [-0.15, -0.1) is 0 Å². The van der Waals surface area contributed by atoms with Gasteiger partial charge in [0.1, 0.15) is 17.4 Å². The van der Waals surface area contributed by atoms with Gasteiger partial charge in [-0.25, -0.2) is 4.98 Å². The third kappa shape index (κ3) is 2.62. The van der Waals surface area contributed by atoms with Gasteiger partial charge in [0.25, 0.3) is 0 Å². The Morgan fingerprint density at radius 1 is 1.42 bits per heavy atom. The van der Waals surface area contributed by atoms with Gasteiger partial charge in [0.05, 0.1) is 17.5 Å². The second kappa shape index (κ2) is 5.67. The molecule has 0 spiro atoms. The maximum Gasteiger partial charge on any atom is 0.220 e. The number of aromatic amines is 1. The average molecular weight is 325 g/mol. The van der Waals surface area contributed by atoms with Crippen LogP contribution in [0.15, 0.2) is 30.7 Å². The molecule has 0 radical (unpaired) electrons. The summed E-state index contributed by atoms with van der Waals surface area (Å²) in [6.07, 6.45) is 3.99. The lowest BCUT2D eigenvalue weighted by Gasteiger charge is -2.20. The smallest absolute Gasteiger partial charge is 0.220 e. The molecule has 7 heteroatoms. The maximum atomic E-state index is 11.4. The number of hydrogen-bond acceptors (Lipinski definition) is 4. The summed E-state index contributed by atoms with van der Waals surface area (Å²) >= 11 is 0. The van der Waals surface area contributed by atoms with E-state index in [1.54, 1.807) is 11.0 Å². The highest BCUT2D eigenvalue weighted by Gasteiger charge is 2.28. The lowest BCUT2D eigenvalue weighted by Crippen LogP contribution is -2.25. The number of nitrogens with one attached hydrogen (secondary N) is 2. The lowest BCUT2D eigenvalue weighted by atomic mass is 10.0. The number of aryl methyl sites for hydroxylation is 1. The number of carbonyl (C=O) groups excluding carboxylic acids is 1. The maximum absolute atomic E-state index is 11.4. The molecule has 3 heterocycles. The van der Waals surface area contributed by atoms with E-state index < -0.39 is 0 Å². The number of hydrogen-bond donors (Lipinski definition) is 2. The van der Waals surface area contributed by atoms with Crippen LogP contribution in [0.5, 0.6) is 5.75 Å². The third-order valence-electron chi connectivity index (χ3n) is 4.48. The first kappa shape index (κ1) is 14.7. The Morgan fingerprint density at radius 3 is 3.00 bits per heavy atom. The van der Waals surface area contributed by atoms with Crippen LogP contribution in [-0.4, -0.2) is 38.3 Å². The van der Waals surface area contributed by atoms with Crippen molar-refractivity contribution in [3.8, 4) is 17.0 Å². The fourth-order valence-corrected chi connectivity index (χ4v) is 3.08. The fraction of sp³-hybridized carbons (Fsp3) is 0.353. The molecule has 4 rings (SSSR count). The lowest BCUT2D eigenvalue weighted by molar-refractivity contribution is -0.119. The van der Waals surface area contributed by atoms with Gasteiger partial charge in [0.15, 0.2) is 0 Å². The van der Waals surface area contributed by atoms with Gasteiger partial charge in [0, 0.05) is 37.7 Å². The molecule has 2 aromatic heterocycles. The Labute approximate surface area is 139 Å². The van der Waals surface area contributed by atoms with Gasteiger partial charge in [-0.05, 0) is 25.1 Å². The Balaban J connectivity index is 1.68. The number of amides is 1. The molecule has 24 heavy (non-hydrogen) atoms. The molecule has 0 aliphatic carbocycles. The van der Waals surface area contributed by atoms with Gasteiger partial charge in [0.2, 0.25) is 5.91 Å². The van der Waals surface area contributed by atoms with Gasteiger partial charge < -0.3 is 15.0 Å². The van der Waals surface area contributed by atoms with Crippen molar-refractivity contribution >= 4 is 16.9 Å². The quantitative estimate of drug-likeness (QED) is 0.767. The first-order valence-corrected chi connectivity index (χ1v) is 8.00. The first-order valence-electron chi connectivity index (χ1n) is 8.00. The van der Waals surface area contributed by atoms with Crippen molar-refractivity contribution in [2.75, 3.05) is 6.54 Å². The van der Waals surface area contributed by atoms with Gasteiger partial charge in [-0.2, -0.15) is 5.10 Å². The molecule has 1 saturated heterocycles. The predicted molar refractivity (Wildman–Crippen MR) is 89.5 cm³/mol. The van der Waals surface area contributed by atoms with Crippen molar-refractivity contribution in [3.05, 3.63) is 30.7 Å². The molecule has 2 N–H and O–H groups in total. The van der Waals surface area contributed by atoms with Crippen LogP contribution in [0.25, 0.3) is 22.3 Å². The second-order valence-corrected chi connectivity index (χ2v) is 6.24. The fourth-order valence-electron chi connectivity index (χ4n) is 3.08. The first-order chi connectivity index (χ1) is 11.6. The van der Waals surface area contributed by atoms with Crippen LogP contribution >= 0.6 is 0 Å². The van der Waals surface area contributed by atoms with Crippen molar-refractivity contribution in [2.45, 2.75) is 19.4 Å². The van der Waals surface area contributed by atoms with Crippen LogP contribution < -0.4 is 10.1 Å². The average Bonchev–Trinajstić information content (AvgIpc) is 3.27. The SMILES string of the molecule is C[C@@H](Oc1cc(-c2ccn(C)n2)cc2[nH]cnc12)[C@H]1CNC(=O)C1. The zero-order chi connectivity index (χ0) is 16.7. The highest BCUT2D eigenvalue weighted by Crippen LogP contribution is 2.32. The standard InChI is InChI=1S/C17H19N5O2/c1-10(12-7-16(23)18-8-12)24-15-6-11(13-3-4-22(2)21-13)5-14-17(15)20-9-19-14/h3-6,9-10,12H,7-8H2,1-2H3,(H,18,23)(H,19,20)/t10-,12-/m1/s1. The number of fused-ring (bicyclic) bond motifs is 1. The van der Waals surface area contributed by atoms with Gasteiger partial charge >= 0.3 is 0 Å². The number of rotatable bonds is 4. The van der Waals surface area contributed by atoms with Crippen LogP contribution in [0.2, 0.25) is 0 Å². The molecular formula is C17H19N5O2. The van der Waals surface area contributed by atoms with Gasteiger partial charge in [-0.1, -0.05) is 0 Å². The molecule has 124 valence electrons. The monoisotopic (exact) mass is 325 g/mol. The molecule has 1 aromatic carbocycles. The van der Waals surface area contributed by atoms with E-state index >= 15 is 0 Å². The van der Waals surface area contributed by atoms with Crippen LogP contribution in [0, 0.1) is 5.92 Å². The molecule has 1 aliphatic rings. The molecule has 1 amide bonds. The number of H-pyrrole nitrogens is 1. The third-order valence-corrected chi connectivity index (χ3v) is 4.48. The topological polar surface area (TPSA) is 84.8 Å². The second-order valence-electron chi connectivity index (χ2n) is 6.24. The highest BCUT2D eigenvalue weighted by molar-refractivity contribution is 5.86.